The van der Waals surface area contributed by atoms with Gasteiger partial charge in [-0.1, -0.05) is 109 Å². The predicted octanol–water partition coefficient (Wildman–Crippen LogP) is 7.50. The lowest BCUT2D eigenvalue weighted by atomic mass is 9.36. The molecule has 1 aliphatic rings. The molecule has 3 heteroatoms. The summed E-state index contributed by atoms with van der Waals surface area (Å²) in [6, 6.07) is 46.0. The van der Waals surface area contributed by atoms with E-state index in [2.05, 4.69) is 115 Å². The summed E-state index contributed by atoms with van der Waals surface area (Å²) in [5, 5.41) is 5.25. The summed E-state index contributed by atoms with van der Waals surface area (Å²) in [6.45, 7) is 0.132. The van der Waals surface area contributed by atoms with Gasteiger partial charge in [-0.2, -0.15) is 0 Å². The molecular weight excluding hydrogens is 467 g/mol. The number of thiophene rings is 1. The maximum Gasteiger partial charge on any atom is 0.250 e. The van der Waals surface area contributed by atoms with Gasteiger partial charge in [0.1, 0.15) is 11.5 Å². The second-order valence-electron chi connectivity index (χ2n) is 9.72. The molecule has 0 saturated carbocycles. The number of fused-ring (bicyclic) bond motifs is 6. The van der Waals surface area contributed by atoms with Gasteiger partial charge in [0.25, 0.3) is 6.71 Å². The van der Waals surface area contributed by atoms with E-state index >= 15 is 0 Å². The number of ether oxygens (including phenoxy) is 1. The standard InChI is InChI=1S/C34H21BOS/c1-2-10-23-21-33-28(20-22(23)9-1)27-14-8-13-26(34(27)37-33)24-11-7-12-25(19-24)35-29-15-3-5-17-31(29)36-32-18-6-4-16-30(32)35/h1-21H. The third-order valence-corrected chi connectivity index (χ3v) is 8.78. The Morgan fingerprint density at radius 2 is 1.22 bits per heavy atom. The zero-order valence-electron chi connectivity index (χ0n) is 20.0. The van der Waals surface area contributed by atoms with E-state index in [4.69, 9.17) is 4.74 Å². The van der Waals surface area contributed by atoms with Gasteiger partial charge in [-0.25, -0.2) is 0 Å². The van der Waals surface area contributed by atoms with Crippen molar-refractivity contribution in [1.82, 2.24) is 0 Å². The second-order valence-corrected chi connectivity index (χ2v) is 10.8. The van der Waals surface area contributed by atoms with Gasteiger partial charge in [0.15, 0.2) is 0 Å². The zero-order chi connectivity index (χ0) is 24.3. The first kappa shape index (κ1) is 20.8. The van der Waals surface area contributed by atoms with Gasteiger partial charge in [-0.3, -0.25) is 0 Å². The van der Waals surface area contributed by atoms with Gasteiger partial charge in [-0.05, 0) is 57.1 Å². The van der Waals surface area contributed by atoms with Crippen LogP contribution in [0.25, 0.3) is 42.1 Å². The van der Waals surface area contributed by atoms with Gasteiger partial charge < -0.3 is 4.74 Å². The SMILES string of the molecule is c1cc(B2c3ccccc3Oc3ccccc32)cc(-c2cccc3c2sc2cc4ccccc4cc23)c1. The molecule has 0 unspecified atom stereocenters. The zero-order valence-corrected chi connectivity index (χ0v) is 20.8. The van der Waals surface area contributed by atoms with Gasteiger partial charge in [0, 0.05) is 20.2 Å². The summed E-state index contributed by atoms with van der Waals surface area (Å²) in [5.74, 6) is 1.88. The summed E-state index contributed by atoms with van der Waals surface area (Å²) in [7, 11) is 0. The summed E-state index contributed by atoms with van der Waals surface area (Å²) in [6.07, 6.45) is 0. The average Bonchev–Trinajstić information content (AvgIpc) is 3.32. The van der Waals surface area contributed by atoms with E-state index in [1.807, 2.05) is 23.5 Å². The van der Waals surface area contributed by atoms with Crippen LogP contribution in [-0.4, -0.2) is 6.71 Å². The molecule has 8 rings (SSSR count). The molecule has 0 fully saturated rings. The van der Waals surface area contributed by atoms with Gasteiger partial charge in [-0.15, -0.1) is 11.3 Å². The van der Waals surface area contributed by atoms with Crippen molar-refractivity contribution in [1.29, 1.82) is 0 Å². The first-order chi connectivity index (χ1) is 18.3. The molecule has 0 amide bonds. The smallest absolute Gasteiger partial charge is 0.250 e. The normalized spacial score (nSPS) is 12.5. The number of para-hydroxylation sites is 2. The molecule has 6 aromatic carbocycles. The Hall–Kier alpha value is -4.34. The fourth-order valence-corrected chi connectivity index (χ4v) is 7.13. The molecule has 0 bridgehead atoms. The molecule has 0 radical (unpaired) electrons. The van der Waals surface area contributed by atoms with Crippen molar-refractivity contribution in [3.8, 4) is 22.6 Å². The lowest BCUT2D eigenvalue weighted by Gasteiger charge is -2.26. The quantitative estimate of drug-likeness (QED) is 0.229. The van der Waals surface area contributed by atoms with Gasteiger partial charge in [0.2, 0.25) is 0 Å². The minimum Gasteiger partial charge on any atom is -0.458 e. The highest BCUT2D eigenvalue weighted by Crippen LogP contribution is 2.41. The van der Waals surface area contributed by atoms with Gasteiger partial charge in [0.05, 0.1) is 0 Å². The monoisotopic (exact) mass is 488 g/mol. The summed E-state index contributed by atoms with van der Waals surface area (Å²) in [5.41, 5.74) is 6.25. The molecule has 1 aromatic heterocycles. The van der Waals surface area contributed by atoms with Crippen LogP contribution < -0.4 is 21.1 Å². The maximum absolute atomic E-state index is 6.27. The van der Waals surface area contributed by atoms with Crippen molar-refractivity contribution in [2.75, 3.05) is 0 Å². The molecule has 0 spiro atoms. The van der Waals surface area contributed by atoms with Crippen molar-refractivity contribution in [3.05, 3.63) is 127 Å². The highest BCUT2D eigenvalue weighted by atomic mass is 32.1. The van der Waals surface area contributed by atoms with Crippen molar-refractivity contribution in [3.63, 3.8) is 0 Å². The first-order valence-corrected chi connectivity index (χ1v) is 13.5. The number of benzene rings is 6. The predicted molar refractivity (Wildman–Crippen MR) is 160 cm³/mol. The lowest BCUT2D eigenvalue weighted by molar-refractivity contribution is 0.487. The lowest BCUT2D eigenvalue weighted by Crippen LogP contribution is -2.54. The molecule has 37 heavy (non-hydrogen) atoms. The molecule has 7 aromatic rings. The molecule has 172 valence electrons. The van der Waals surface area contributed by atoms with Crippen LogP contribution in [0.15, 0.2) is 127 Å². The van der Waals surface area contributed by atoms with Crippen LogP contribution in [-0.2, 0) is 0 Å². The Labute approximate surface area is 219 Å². The molecule has 0 saturated heterocycles. The minimum atomic E-state index is 0.132. The third-order valence-electron chi connectivity index (χ3n) is 7.58. The van der Waals surface area contributed by atoms with E-state index in [1.165, 1.54) is 58.5 Å². The second kappa shape index (κ2) is 8.09. The summed E-state index contributed by atoms with van der Waals surface area (Å²) >= 11 is 1.90. The van der Waals surface area contributed by atoms with E-state index in [0.717, 1.165) is 11.5 Å². The topological polar surface area (TPSA) is 9.23 Å². The van der Waals surface area contributed by atoms with Crippen LogP contribution in [0.5, 0.6) is 11.5 Å². The van der Waals surface area contributed by atoms with E-state index in [0.29, 0.717) is 0 Å². The fourth-order valence-electron chi connectivity index (χ4n) is 5.87. The first-order valence-electron chi connectivity index (χ1n) is 12.6. The van der Waals surface area contributed by atoms with Crippen molar-refractivity contribution in [2.24, 2.45) is 0 Å². The van der Waals surface area contributed by atoms with E-state index < -0.39 is 0 Å². The van der Waals surface area contributed by atoms with Crippen molar-refractivity contribution >= 4 is 65.4 Å². The highest BCUT2D eigenvalue weighted by molar-refractivity contribution is 7.26. The third kappa shape index (κ3) is 3.25. The van der Waals surface area contributed by atoms with E-state index in [-0.39, 0.29) is 6.71 Å². The van der Waals surface area contributed by atoms with Gasteiger partial charge >= 0.3 is 0 Å². The highest BCUT2D eigenvalue weighted by Gasteiger charge is 2.32. The summed E-state index contributed by atoms with van der Waals surface area (Å²) in [4.78, 5) is 0. The Morgan fingerprint density at radius 3 is 2.00 bits per heavy atom. The largest absolute Gasteiger partial charge is 0.458 e. The Bertz CT molecular complexity index is 1940. The molecule has 0 aliphatic carbocycles. The van der Waals surface area contributed by atoms with Crippen LogP contribution in [0.4, 0.5) is 0 Å². The van der Waals surface area contributed by atoms with Crippen molar-refractivity contribution < 1.29 is 4.74 Å². The van der Waals surface area contributed by atoms with Crippen LogP contribution in [0.1, 0.15) is 0 Å². The molecule has 1 nitrogen and oxygen atoms in total. The molecule has 0 atom stereocenters. The van der Waals surface area contributed by atoms with Crippen LogP contribution >= 0.6 is 11.3 Å². The Morgan fingerprint density at radius 1 is 0.541 bits per heavy atom. The molecule has 2 heterocycles. The molecule has 0 N–H and O–H groups in total. The van der Waals surface area contributed by atoms with E-state index in [9.17, 15) is 0 Å². The molecular formula is C34H21BOS. The molecule has 1 aliphatic heterocycles. The minimum absolute atomic E-state index is 0.132. The van der Waals surface area contributed by atoms with Crippen LogP contribution in [0, 0.1) is 0 Å². The fraction of sp³-hybridized carbons (Fsp3) is 0. The van der Waals surface area contributed by atoms with Crippen LogP contribution in [0.2, 0.25) is 0 Å². The maximum atomic E-state index is 6.27. The average molecular weight is 488 g/mol. The van der Waals surface area contributed by atoms with E-state index in [1.54, 1.807) is 0 Å². The number of rotatable bonds is 2. The Balaban J connectivity index is 1.33. The van der Waals surface area contributed by atoms with Crippen molar-refractivity contribution in [2.45, 2.75) is 0 Å². The number of hydrogen-bond donors (Lipinski definition) is 0. The van der Waals surface area contributed by atoms with Crippen LogP contribution in [0.3, 0.4) is 0 Å². The Kier molecular flexibility index (Phi) is 4.55. The number of hydrogen-bond acceptors (Lipinski definition) is 2. The summed E-state index contributed by atoms with van der Waals surface area (Å²) < 4.78 is 8.95.